The highest BCUT2D eigenvalue weighted by molar-refractivity contribution is 9.11. The van der Waals surface area contributed by atoms with Gasteiger partial charge in [0.1, 0.15) is 11.6 Å². The van der Waals surface area contributed by atoms with Crippen LogP contribution in [0.25, 0.3) is 0 Å². The minimum Gasteiger partial charge on any atom is -0.207 e. The van der Waals surface area contributed by atoms with E-state index in [4.69, 9.17) is 12.2 Å². The van der Waals surface area contributed by atoms with Crippen LogP contribution in [0.2, 0.25) is 0 Å². The van der Waals surface area contributed by atoms with E-state index in [1.54, 1.807) is 12.2 Å². The topological polar surface area (TPSA) is 0 Å². The molecule has 0 saturated carbocycles. The number of hydrogen-bond acceptors (Lipinski definition) is 1. The summed E-state index contributed by atoms with van der Waals surface area (Å²) in [5.74, 6) is -1.55. The predicted octanol–water partition coefficient (Wildman–Crippen LogP) is 4.07. The lowest BCUT2D eigenvalue weighted by molar-refractivity contribution is 0.573. The molecule has 0 nitrogen and oxygen atoms in total. The van der Waals surface area contributed by atoms with Gasteiger partial charge in [-0.1, -0.05) is 40.3 Å². The van der Waals surface area contributed by atoms with Crippen LogP contribution in [0, 0.1) is 17.7 Å². The molecule has 1 aliphatic rings. The largest absolute Gasteiger partial charge is 0.207 e. The molecule has 1 atom stereocenters. The molecule has 0 aliphatic heterocycles. The van der Waals surface area contributed by atoms with E-state index in [1.807, 2.05) is 0 Å². The summed E-state index contributed by atoms with van der Waals surface area (Å²) in [6.45, 7) is 0. The fourth-order valence-electron chi connectivity index (χ4n) is 1.50. The van der Waals surface area contributed by atoms with Crippen molar-refractivity contribution in [1.29, 1.82) is 0 Å². The summed E-state index contributed by atoms with van der Waals surface area (Å²) in [6, 6.07) is 3.49. The predicted molar refractivity (Wildman–Crippen MR) is 66.5 cm³/mol. The molecule has 1 radical (unpaired) electrons. The van der Waals surface area contributed by atoms with Gasteiger partial charge in [0, 0.05) is 26.9 Å². The van der Waals surface area contributed by atoms with Gasteiger partial charge in [-0.15, -0.1) is 0 Å². The molecule has 81 valence electrons. The first-order chi connectivity index (χ1) is 7.58. The van der Waals surface area contributed by atoms with Crippen LogP contribution in [-0.4, -0.2) is 4.86 Å². The van der Waals surface area contributed by atoms with Gasteiger partial charge in [-0.3, -0.25) is 0 Å². The smallest absolute Gasteiger partial charge is 0.130 e. The Kier molecular flexibility index (Phi) is 3.30. The molecule has 0 spiro atoms. The van der Waals surface area contributed by atoms with E-state index >= 15 is 0 Å². The van der Waals surface area contributed by atoms with Crippen molar-refractivity contribution in [3.05, 3.63) is 58.1 Å². The zero-order chi connectivity index (χ0) is 11.7. The highest BCUT2D eigenvalue weighted by Gasteiger charge is 2.20. The average Bonchev–Trinajstić information content (AvgIpc) is 2.22. The van der Waals surface area contributed by atoms with Crippen LogP contribution in [0.15, 0.2) is 34.8 Å². The first kappa shape index (κ1) is 11.6. The summed E-state index contributed by atoms with van der Waals surface area (Å²) in [5, 5.41) is 0. The molecule has 2 rings (SSSR count). The quantitative estimate of drug-likeness (QED) is 0.705. The summed E-state index contributed by atoms with van der Waals surface area (Å²) in [4.78, 5) is 0.494. The van der Waals surface area contributed by atoms with Crippen LogP contribution < -0.4 is 0 Å². The Morgan fingerprint density at radius 2 is 2.06 bits per heavy atom. The third-order valence-corrected chi connectivity index (χ3v) is 3.12. The fraction of sp³-hybridized carbons (Fsp3) is 0.0833. The second-order valence-electron chi connectivity index (χ2n) is 3.35. The van der Waals surface area contributed by atoms with E-state index in [0.29, 0.717) is 10.4 Å². The number of allylic oxidation sites excluding steroid dienone is 4. The summed E-state index contributed by atoms with van der Waals surface area (Å²) in [5.41, 5.74) is 0.365. The Hall–Kier alpha value is -0.870. The van der Waals surface area contributed by atoms with Crippen molar-refractivity contribution in [3.63, 3.8) is 0 Å². The molecule has 1 unspecified atom stereocenters. The molecule has 0 bridgehead atoms. The van der Waals surface area contributed by atoms with Gasteiger partial charge in [0.05, 0.1) is 0 Å². The molecular weight excluding hydrogens is 294 g/mol. The van der Waals surface area contributed by atoms with Gasteiger partial charge in [-0.05, 0) is 18.2 Å². The van der Waals surface area contributed by atoms with Crippen molar-refractivity contribution in [2.45, 2.75) is 5.92 Å². The molecule has 1 aromatic rings. The van der Waals surface area contributed by atoms with Crippen molar-refractivity contribution < 1.29 is 8.78 Å². The van der Waals surface area contributed by atoms with E-state index in [2.05, 4.69) is 22.0 Å². The minimum atomic E-state index is -0.592. The maximum Gasteiger partial charge on any atom is 0.130 e. The van der Waals surface area contributed by atoms with E-state index < -0.39 is 11.6 Å². The first-order valence-electron chi connectivity index (χ1n) is 4.54. The molecule has 1 aliphatic carbocycles. The first-order valence-corrected chi connectivity index (χ1v) is 5.74. The SMILES string of the molecule is Fc1ccc(C2C=C(Br)C=[C]C2=S)c(F)c1. The van der Waals surface area contributed by atoms with Gasteiger partial charge in [-0.2, -0.15) is 0 Å². The van der Waals surface area contributed by atoms with E-state index in [0.717, 1.165) is 10.5 Å². The molecule has 0 aromatic heterocycles. The molecule has 16 heavy (non-hydrogen) atoms. The van der Waals surface area contributed by atoms with Gasteiger partial charge in [0.2, 0.25) is 0 Å². The van der Waals surface area contributed by atoms with Crippen LogP contribution in [0.3, 0.4) is 0 Å². The molecule has 0 amide bonds. The highest BCUT2D eigenvalue weighted by atomic mass is 79.9. The van der Waals surface area contributed by atoms with Gasteiger partial charge < -0.3 is 0 Å². The van der Waals surface area contributed by atoms with Crippen LogP contribution >= 0.6 is 28.1 Å². The Bertz CT molecular complexity index is 506. The lowest BCUT2D eigenvalue weighted by atomic mass is 9.92. The number of rotatable bonds is 1. The third-order valence-electron chi connectivity index (χ3n) is 2.26. The van der Waals surface area contributed by atoms with Crippen LogP contribution in [0.1, 0.15) is 11.5 Å². The Balaban J connectivity index is 2.44. The molecule has 4 heteroatoms. The summed E-state index contributed by atoms with van der Waals surface area (Å²) in [6.07, 6.45) is 6.31. The Morgan fingerprint density at radius 1 is 1.31 bits per heavy atom. The molecule has 0 saturated heterocycles. The van der Waals surface area contributed by atoms with Crippen molar-refractivity contribution >= 4 is 33.0 Å². The highest BCUT2D eigenvalue weighted by Crippen LogP contribution is 2.29. The maximum atomic E-state index is 13.6. The van der Waals surface area contributed by atoms with Gasteiger partial charge in [-0.25, -0.2) is 8.78 Å². The summed E-state index contributed by atoms with van der Waals surface area (Å²) in [7, 11) is 0. The van der Waals surface area contributed by atoms with Crippen LogP contribution in [0.4, 0.5) is 8.78 Å². The van der Waals surface area contributed by atoms with Crippen molar-refractivity contribution in [2.24, 2.45) is 0 Å². The average molecular weight is 300 g/mol. The van der Waals surface area contributed by atoms with Crippen LogP contribution in [0.5, 0.6) is 0 Å². The van der Waals surface area contributed by atoms with Crippen molar-refractivity contribution in [1.82, 2.24) is 0 Å². The zero-order valence-electron chi connectivity index (χ0n) is 8.01. The lowest BCUT2D eigenvalue weighted by Gasteiger charge is -2.16. The van der Waals surface area contributed by atoms with E-state index in [1.165, 1.54) is 12.1 Å². The Morgan fingerprint density at radius 3 is 2.75 bits per heavy atom. The van der Waals surface area contributed by atoms with Gasteiger partial charge in [0.15, 0.2) is 0 Å². The van der Waals surface area contributed by atoms with E-state index in [9.17, 15) is 8.78 Å². The third kappa shape index (κ3) is 2.28. The summed E-state index contributed by atoms with van der Waals surface area (Å²) >= 11 is 8.37. The van der Waals surface area contributed by atoms with Gasteiger partial charge >= 0.3 is 0 Å². The monoisotopic (exact) mass is 299 g/mol. The number of thiocarbonyl (C=S) groups is 1. The molecule has 0 fully saturated rings. The number of hydrogen-bond donors (Lipinski definition) is 0. The molecular formula is C12H6BrF2S. The normalized spacial score (nSPS) is 19.8. The molecule has 0 heterocycles. The van der Waals surface area contributed by atoms with Crippen molar-refractivity contribution in [2.75, 3.05) is 0 Å². The summed E-state index contributed by atoms with van der Waals surface area (Å²) < 4.78 is 27.1. The number of benzene rings is 1. The molecule has 1 aromatic carbocycles. The zero-order valence-corrected chi connectivity index (χ0v) is 10.4. The number of halogens is 3. The standard InChI is InChI=1S/C12H6BrF2S/c13-7-1-4-12(16)10(5-7)9-3-2-8(14)6-11(9)15/h1-3,5-6,10H. The van der Waals surface area contributed by atoms with Crippen molar-refractivity contribution in [3.8, 4) is 0 Å². The maximum absolute atomic E-state index is 13.6. The lowest BCUT2D eigenvalue weighted by Crippen LogP contribution is -2.11. The second kappa shape index (κ2) is 4.55. The Labute approximate surface area is 106 Å². The second-order valence-corrected chi connectivity index (χ2v) is 4.70. The fourth-order valence-corrected chi connectivity index (χ4v) is 2.13. The van der Waals surface area contributed by atoms with E-state index in [-0.39, 0.29) is 5.92 Å². The minimum absolute atomic E-state index is 0.365. The van der Waals surface area contributed by atoms with Crippen LogP contribution in [-0.2, 0) is 0 Å². The van der Waals surface area contributed by atoms with Gasteiger partial charge in [0.25, 0.3) is 0 Å². The molecule has 0 N–H and O–H groups in total.